The molecule has 0 bridgehead atoms. The Hall–Kier alpha value is -3.48. The maximum Gasteiger partial charge on any atom is 0.264 e. The van der Waals surface area contributed by atoms with E-state index >= 15 is 0 Å². The number of piperidine rings is 1. The monoisotopic (exact) mass is 390 g/mol. The van der Waals surface area contributed by atoms with Crippen molar-refractivity contribution in [1.29, 1.82) is 0 Å². The van der Waals surface area contributed by atoms with Gasteiger partial charge in [-0.15, -0.1) is 0 Å². The Bertz CT molecular complexity index is 1080. The maximum absolute atomic E-state index is 12.5. The van der Waals surface area contributed by atoms with Gasteiger partial charge in [0, 0.05) is 42.8 Å². The molecule has 0 unspecified atom stereocenters. The van der Waals surface area contributed by atoms with E-state index in [2.05, 4.69) is 15.4 Å². The normalized spacial score (nSPS) is 15.1. The second-order valence-electron chi connectivity index (χ2n) is 7.21. The number of amides is 1. The standard InChI is InChI=1S/C22H22N4O3/c1-15-13-19(29-25-15)18-14-20(27)23-24-22(18)17-9-11-26(12-10-17)21(28)8-7-16-5-3-2-4-6-16/h2-8,13-14,17H,9-12H2,1H3,(H,23,27)/b8-7-. The highest BCUT2D eigenvalue weighted by molar-refractivity contribution is 5.91. The van der Waals surface area contributed by atoms with Gasteiger partial charge in [0.05, 0.1) is 11.4 Å². The Kier molecular flexibility index (Phi) is 5.37. The van der Waals surface area contributed by atoms with Crippen LogP contribution in [0, 0.1) is 6.92 Å². The molecule has 0 saturated carbocycles. The molecule has 1 N–H and O–H groups in total. The zero-order valence-corrected chi connectivity index (χ0v) is 16.2. The van der Waals surface area contributed by atoms with E-state index in [1.54, 1.807) is 12.1 Å². The average Bonchev–Trinajstić information content (AvgIpc) is 3.19. The second kappa shape index (κ2) is 8.26. The molecule has 3 aromatic rings. The van der Waals surface area contributed by atoms with Gasteiger partial charge in [0.25, 0.3) is 5.56 Å². The Morgan fingerprint density at radius 3 is 2.66 bits per heavy atom. The van der Waals surface area contributed by atoms with E-state index in [1.165, 1.54) is 6.07 Å². The van der Waals surface area contributed by atoms with Gasteiger partial charge in [0.15, 0.2) is 5.76 Å². The topological polar surface area (TPSA) is 92.1 Å². The van der Waals surface area contributed by atoms with Crippen LogP contribution >= 0.6 is 0 Å². The summed E-state index contributed by atoms with van der Waals surface area (Å²) in [7, 11) is 0. The van der Waals surface area contributed by atoms with Crippen molar-refractivity contribution in [1.82, 2.24) is 20.3 Å². The third-order valence-corrected chi connectivity index (χ3v) is 5.14. The van der Waals surface area contributed by atoms with Crippen LogP contribution in [0.4, 0.5) is 0 Å². The molecule has 2 aromatic heterocycles. The van der Waals surface area contributed by atoms with Crippen LogP contribution in [-0.2, 0) is 4.79 Å². The molecule has 0 aliphatic carbocycles. The largest absolute Gasteiger partial charge is 0.356 e. The minimum absolute atomic E-state index is 0.00723. The zero-order valence-electron chi connectivity index (χ0n) is 16.2. The molecule has 7 nitrogen and oxygen atoms in total. The Morgan fingerprint density at radius 2 is 1.97 bits per heavy atom. The summed E-state index contributed by atoms with van der Waals surface area (Å²) < 4.78 is 5.35. The summed E-state index contributed by atoms with van der Waals surface area (Å²) in [5.41, 5.74) is 2.92. The van der Waals surface area contributed by atoms with Gasteiger partial charge in [-0.05, 0) is 31.4 Å². The molecule has 148 valence electrons. The quantitative estimate of drug-likeness (QED) is 0.691. The molecule has 1 aliphatic heterocycles. The molecule has 7 heteroatoms. The second-order valence-corrected chi connectivity index (χ2v) is 7.21. The summed E-state index contributed by atoms with van der Waals surface area (Å²) in [5.74, 6) is 0.683. The lowest BCUT2D eigenvalue weighted by atomic mass is 9.90. The van der Waals surface area contributed by atoms with Crippen molar-refractivity contribution in [2.24, 2.45) is 0 Å². The number of nitrogens with one attached hydrogen (secondary N) is 1. The van der Waals surface area contributed by atoms with Gasteiger partial charge < -0.3 is 9.42 Å². The summed E-state index contributed by atoms with van der Waals surface area (Å²) in [6.45, 7) is 3.11. The highest BCUT2D eigenvalue weighted by Crippen LogP contribution is 2.33. The van der Waals surface area contributed by atoms with Gasteiger partial charge in [-0.2, -0.15) is 5.10 Å². The van der Waals surface area contributed by atoms with Gasteiger partial charge in [-0.3, -0.25) is 9.59 Å². The Morgan fingerprint density at radius 1 is 1.21 bits per heavy atom. The van der Waals surface area contributed by atoms with Crippen molar-refractivity contribution < 1.29 is 9.32 Å². The fourth-order valence-corrected chi connectivity index (χ4v) is 3.62. The third-order valence-electron chi connectivity index (χ3n) is 5.14. The molecule has 0 spiro atoms. The number of benzene rings is 1. The number of H-pyrrole nitrogens is 1. The molecule has 0 radical (unpaired) electrons. The highest BCUT2D eigenvalue weighted by atomic mass is 16.5. The van der Waals surface area contributed by atoms with Crippen LogP contribution in [0.1, 0.15) is 35.7 Å². The Labute approximate surface area is 168 Å². The van der Waals surface area contributed by atoms with Crippen LogP contribution in [0.3, 0.4) is 0 Å². The maximum atomic E-state index is 12.5. The number of carbonyl (C=O) groups excluding carboxylic acids is 1. The first-order valence-electron chi connectivity index (χ1n) is 9.65. The van der Waals surface area contributed by atoms with E-state index in [0.717, 1.165) is 29.8 Å². The van der Waals surface area contributed by atoms with Crippen LogP contribution in [0.5, 0.6) is 0 Å². The van der Waals surface area contributed by atoms with Gasteiger partial charge >= 0.3 is 0 Å². The highest BCUT2D eigenvalue weighted by Gasteiger charge is 2.27. The van der Waals surface area contributed by atoms with E-state index in [-0.39, 0.29) is 17.4 Å². The molecule has 29 heavy (non-hydrogen) atoms. The van der Waals surface area contributed by atoms with Gasteiger partial charge in [0.1, 0.15) is 0 Å². The third kappa shape index (κ3) is 4.34. The molecule has 1 amide bonds. The van der Waals surface area contributed by atoms with E-state index in [0.29, 0.717) is 24.4 Å². The van der Waals surface area contributed by atoms with Crippen molar-refractivity contribution in [2.75, 3.05) is 13.1 Å². The molecular weight excluding hydrogens is 368 g/mol. The van der Waals surface area contributed by atoms with Crippen LogP contribution in [0.25, 0.3) is 17.4 Å². The van der Waals surface area contributed by atoms with Crippen molar-refractivity contribution in [3.63, 3.8) is 0 Å². The fraction of sp³-hybridized carbons (Fsp3) is 0.273. The SMILES string of the molecule is Cc1cc(-c2cc(=O)[nH]nc2C2CCN(C(=O)/C=C\c3ccccc3)CC2)on1. The number of carbonyl (C=O) groups is 1. The molecule has 1 aromatic carbocycles. The van der Waals surface area contributed by atoms with Crippen LogP contribution in [0.15, 0.2) is 57.9 Å². The summed E-state index contributed by atoms with van der Waals surface area (Å²) in [6.07, 6.45) is 4.99. The molecule has 1 saturated heterocycles. The lowest BCUT2D eigenvalue weighted by Crippen LogP contribution is -2.37. The van der Waals surface area contributed by atoms with Gasteiger partial charge in [0.2, 0.25) is 5.91 Å². The fourth-order valence-electron chi connectivity index (χ4n) is 3.62. The van der Waals surface area contributed by atoms with E-state index < -0.39 is 0 Å². The number of nitrogens with zero attached hydrogens (tertiary/aromatic N) is 3. The van der Waals surface area contributed by atoms with E-state index in [1.807, 2.05) is 48.2 Å². The Balaban J connectivity index is 1.46. The molecule has 1 aliphatic rings. The first kappa shape index (κ1) is 18.9. The minimum Gasteiger partial charge on any atom is -0.356 e. The number of hydrogen-bond donors (Lipinski definition) is 1. The number of aromatic nitrogens is 3. The molecule has 0 atom stereocenters. The molecule has 4 rings (SSSR count). The molecule has 3 heterocycles. The van der Waals surface area contributed by atoms with Crippen LogP contribution in [-0.4, -0.2) is 39.3 Å². The van der Waals surface area contributed by atoms with E-state index in [9.17, 15) is 9.59 Å². The predicted octanol–water partition coefficient (Wildman–Crippen LogP) is 3.15. The first-order chi connectivity index (χ1) is 14.1. The smallest absolute Gasteiger partial charge is 0.264 e. The summed E-state index contributed by atoms with van der Waals surface area (Å²) in [6, 6.07) is 13.1. The number of likely N-dealkylation sites (tertiary alicyclic amines) is 1. The minimum atomic E-state index is -0.281. The lowest BCUT2D eigenvalue weighted by Gasteiger charge is -2.31. The molecular formula is C22H22N4O3. The number of aromatic amines is 1. The van der Waals surface area contributed by atoms with Crippen molar-refractivity contribution in [3.8, 4) is 11.3 Å². The van der Waals surface area contributed by atoms with E-state index in [4.69, 9.17) is 4.52 Å². The van der Waals surface area contributed by atoms with Crippen molar-refractivity contribution in [2.45, 2.75) is 25.7 Å². The van der Waals surface area contributed by atoms with Crippen molar-refractivity contribution in [3.05, 3.63) is 75.8 Å². The number of aryl methyl sites for hydroxylation is 1. The number of rotatable bonds is 4. The van der Waals surface area contributed by atoms with Gasteiger partial charge in [-0.25, -0.2) is 5.10 Å². The van der Waals surface area contributed by atoms with Crippen LogP contribution < -0.4 is 5.56 Å². The summed E-state index contributed by atoms with van der Waals surface area (Å²) in [5, 5.41) is 10.7. The molecule has 1 fully saturated rings. The van der Waals surface area contributed by atoms with Crippen LogP contribution in [0.2, 0.25) is 0 Å². The lowest BCUT2D eigenvalue weighted by molar-refractivity contribution is -0.126. The number of hydrogen-bond acceptors (Lipinski definition) is 5. The summed E-state index contributed by atoms with van der Waals surface area (Å²) >= 11 is 0. The summed E-state index contributed by atoms with van der Waals surface area (Å²) in [4.78, 5) is 26.1. The van der Waals surface area contributed by atoms with Gasteiger partial charge in [-0.1, -0.05) is 35.5 Å². The average molecular weight is 390 g/mol. The first-order valence-corrected chi connectivity index (χ1v) is 9.65. The zero-order chi connectivity index (χ0) is 20.2. The van der Waals surface area contributed by atoms with Crippen molar-refractivity contribution >= 4 is 12.0 Å². The predicted molar refractivity (Wildman–Crippen MR) is 109 cm³/mol.